The molecule has 8 nitrogen and oxygen atoms in total. The van der Waals surface area contributed by atoms with Crippen LogP contribution in [0.5, 0.6) is 23.0 Å². The number of methoxy groups -OCH3 is 3. The van der Waals surface area contributed by atoms with Crippen LogP contribution in [0.25, 0.3) is 22.5 Å². The highest BCUT2D eigenvalue weighted by molar-refractivity contribution is 5.78. The summed E-state index contributed by atoms with van der Waals surface area (Å²) in [6.07, 6.45) is 0. The van der Waals surface area contributed by atoms with E-state index in [1.165, 1.54) is 7.11 Å². The molecular formula is C27H26N2O6. The molecule has 0 saturated heterocycles. The lowest BCUT2D eigenvalue weighted by Crippen LogP contribution is -2.10. The van der Waals surface area contributed by atoms with Gasteiger partial charge in [0, 0.05) is 17.2 Å². The molecule has 0 radical (unpaired) electrons. The summed E-state index contributed by atoms with van der Waals surface area (Å²) in [6.45, 7) is 0.0272. The van der Waals surface area contributed by atoms with Crippen molar-refractivity contribution in [1.29, 1.82) is 0 Å². The van der Waals surface area contributed by atoms with E-state index in [4.69, 9.17) is 29.2 Å². The van der Waals surface area contributed by atoms with Gasteiger partial charge in [0.1, 0.15) is 11.5 Å². The second-order valence-corrected chi connectivity index (χ2v) is 7.64. The van der Waals surface area contributed by atoms with Crippen molar-refractivity contribution in [3.8, 4) is 45.5 Å². The number of benzene rings is 3. The van der Waals surface area contributed by atoms with Crippen molar-refractivity contribution < 1.29 is 28.8 Å². The highest BCUT2D eigenvalue weighted by Crippen LogP contribution is 2.41. The molecule has 180 valence electrons. The van der Waals surface area contributed by atoms with Crippen LogP contribution in [-0.2, 0) is 11.3 Å². The van der Waals surface area contributed by atoms with Gasteiger partial charge in [-0.2, -0.15) is 5.10 Å². The Morgan fingerprint density at radius 1 is 0.857 bits per heavy atom. The third kappa shape index (κ3) is 5.22. The largest absolute Gasteiger partial charge is 0.497 e. The van der Waals surface area contributed by atoms with Gasteiger partial charge in [0.2, 0.25) is 0 Å². The molecule has 0 saturated carbocycles. The van der Waals surface area contributed by atoms with Crippen molar-refractivity contribution in [2.24, 2.45) is 0 Å². The third-order valence-electron chi connectivity index (χ3n) is 5.45. The number of para-hydroxylation sites is 1. The van der Waals surface area contributed by atoms with Crippen molar-refractivity contribution in [3.63, 3.8) is 0 Å². The zero-order chi connectivity index (χ0) is 24.8. The van der Waals surface area contributed by atoms with Gasteiger partial charge in [0.25, 0.3) is 0 Å². The summed E-state index contributed by atoms with van der Waals surface area (Å²) < 4.78 is 24.0. The SMILES string of the molecule is COc1ccc(-c2cc(-c3cccc(OC)c3OC)n(Cc3ccccc3)n2)c(OCC(=O)O)c1. The van der Waals surface area contributed by atoms with Gasteiger partial charge in [-0.05, 0) is 35.9 Å². The molecule has 4 aromatic rings. The van der Waals surface area contributed by atoms with Gasteiger partial charge in [-0.15, -0.1) is 0 Å². The number of ether oxygens (including phenoxy) is 4. The lowest BCUT2D eigenvalue weighted by atomic mass is 10.1. The van der Waals surface area contributed by atoms with Crippen LogP contribution >= 0.6 is 0 Å². The van der Waals surface area contributed by atoms with Gasteiger partial charge < -0.3 is 24.1 Å². The second kappa shape index (κ2) is 10.6. The number of rotatable bonds is 10. The highest BCUT2D eigenvalue weighted by atomic mass is 16.5. The quantitative estimate of drug-likeness (QED) is 0.354. The topological polar surface area (TPSA) is 92.0 Å². The first-order valence-electron chi connectivity index (χ1n) is 10.9. The maximum atomic E-state index is 11.2. The Kier molecular flexibility index (Phi) is 7.21. The minimum atomic E-state index is -1.07. The molecule has 3 aromatic carbocycles. The number of hydrogen-bond acceptors (Lipinski definition) is 6. The number of carboxylic acid groups (broad SMARTS) is 1. The fraction of sp³-hybridized carbons (Fsp3) is 0.185. The van der Waals surface area contributed by atoms with E-state index in [1.54, 1.807) is 32.4 Å². The third-order valence-corrected chi connectivity index (χ3v) is 5.45. The van der Waals surface area contributed by atoms with Crippen molar-refractivity contribution in [3.05, 3.63) is 78.4 Å². The van der Waals surface area contributed by atoms with Crippen molar-refractivity contribution in [1.82, 2.24) is 9.78 Å². The predicted molar refractivity (Wildman–Crippen MR) is 131 cm³/mol. The van der Waals surface area contributed by atoms with Gasteiger partial charge in [0.15, 0.2) is 18.1 Å². The second-order valence-electron chi connectivity index (χ2n) is 7.64. The molecule has 4 rings (SSSR count). The molecule has 0 spiro atoms. The molecule has 0 aliphatic heterocycles. The molecule has 1 aromatic heterocycles. The number of aliphatic carboxylic acids is 1. The Morgan fingerprint density at radius 3 is 2.34 bits per heavy atom. The molecular weight excluding hydrogens is 448 g/mol. The average molecular weight is 475 g/mol. The van der Waals surface area contributed by atoms with Crippen molar-refractivity contribution >= 4 is 5.97 Å². The minimum Gasteiger partial charge on any atom is -0.497 e. The van der Waals surface area contributed by atoms with Crippen molar-refractivity contribution in [2.45, 2.75) is 6.54 Å². The Labute approximate surface area is 203 Å². The zero-order valence-electron chi connectivity index (χ0n) is 19.7. The van der Waals surface area contributed by atoms with Crippen molar-refractivity contribution in [2.75, 3.05) is 27.9 Å². The van der Waals surface area contributed by atoms with Gasteiger partial charge in [-0.1, -0.05) is 36.4 Å². The Bertz CT molecular complexity index is 1320. The maximum Gasteiger partial charge on any atom is 0.341 e. The summed E-state index contributed by atoms with van der Waals surface area (Å²) >= 11 is 0. The smallest absolute Gasteiger partial charge is 0.341 e. The Balaban J connectivity index is 1.87. The molecule has 0 amide bonds. The number of nitrogens with zero attached hydrogens (tertiary/aromatic N) is 2. The summed E-state index contributed by atoms with van der Waals surface area (Å²) in [7, 11) is 4.73. The van der Waals surface area contributed by atoms with E-state index in [0.29, 0.717) is 40.8 Å². The minimum absolute atomic E-state index is 0.361. The Morgan fingerprint density at radius 2 is 1.66 bits per heavy atom. The Hall–Kier alpha value is -4.46. The molecule has 0 unspecified atom stereocenters. The van der Waals surface area contributed by atoms with Crippen LogP contribution < -0.4 is 18.9 Å². The molecule has 0 aliphatic carbocycles. The zero-order valence-corrected chi connectivity index (χ0v) is 19.7. The lowest BCUT2D eigenvalue weighted by Gasteiger charge is -2.14. The van der Waals surface area contributed by atoms with E-state index >= 15 is 0 Å². The summed E-state index contributed by atoms with van der Waals surface area (Å²) in [5, 5.41) is 14.0. The first-order valence-corrected chi connectivity index (χ1v) is 10.9. The standard InChI is InChI=1S/C27H26N2O6/c1-32-19-12-13-20(25(14-19)35-17-26(30)31)22-15-23(21-10-7-11-24(33-2)27(21)34-3)29(28-22)16-18-8-5-4-6-9-18/h4-15H,16-17H2,1-3H3,(H,30,31). The normalized spacial score (nSPS) is 10.6. The summed E-state index contributed by atoms with van der Waals surface area (Å²) in [5.41, 5.74) is 3.94. The number of carbonyl (C=O) groups is 1. The lowest BCUT2D eigenvalue weighted by molar-refractivity contribution is -0.139. The van der Waals surface area contributed by atoms with Crippen LogP contribution in [0.1, 0.15) is 5.56 Å². The van der Waals surface area contributed by atoms with E-state index < -0.39 is 12.6 Å². The van der Waals surface area contributed by atoms with Gasteiger partial charge in [-0.3, -0.25) is 4.68 Å². The van der Waals surface area contributed by atoms with Gasteiger partial charge in [-0.25, -0.2) is 4.79 Å². The maximum absolute atomic E-state index is 11.2. The van der Waals surface area contributed by atoms with Gasteiger partial charge >= 0.3 is 5.97 Å². The molecule has 0 bridgehead atoms. The summed E-state index contributed by atoms with van der Waals surface area (Å²) in [6, 6.07) is 22.8. The first kappa shape index (κ1) is 23.7. The van der Waals surface area contributed by atoms with Crippen LogP contribution in [-0.4, -0.2) is 48.8 Å². The van der Waals surface area contributed by atoms with Crippen LogP contribution in [0.4, 0.5) is 0 Å². The van der Waals surface area contributed by atoms with Crippen LogP contribution in [0.2, 0.25) is 0 Å². The molecule has 1 N–H and O–H groups in total. The molecule has 35 heavy (non-hydrogen) atoms. The highest BCUT2D eigenvalue weighted by Gasteiger charge is 2.20. The molecule has 0 aliphatic rings. The monoisotopic (exact) mass is 474 g/mol. The van der Waals surface area contributed by atoms with Gasteiger partial charge in [0.05, 0.1) is 39.3 Å². The molecule has 0 fully saturated rings. The predicted octanol–water partition coefficient (Wildman–Crippen LogP) is 4.75. The fourth-order valence-corrected chi connectivity index (χ4v) is 3.83. The van der Waals surface area contributed by atoms with E-state index in [-0.39, 0.29) is 0 Å². The van der Waals surface area contributed by atoms with Crippen LogP contribution in [0.3, 0.4) is 0 Å². The number of carboxylic acids is 1. The van der Waals surface area contributed by atoms with E-state index in [0.717, 1.165) is 16.8 Å². The van der Waals surface area contributed by atoms with E-state index in [1.807, 2.05) is 59.3 Å². The van der Waals surface area contributed by atoms with E-state index in [9.17, 15) is 4.79 Å². The fourth-order valence-electron chi connectivity index (χ4n) is 3.83. The average Bonchev–Trinajstić information content (AvgIpc) is 3.30. The van der Waals surface area contributed by atoms with Crippen LogP contribution in [0, 0.1) is 0 Å². The van der Waals surface area contributed by atoms with Crippen LogP contribution in [0.15, 0.2) is 72.8 Å². The molecule has 1 heterocycles. The first-order chi connectivity index (χ1) is 17.0. The molecule has 8 heteroatoms. The summed E-state index contributed by atoms with van der Waals surface area (Å²) in [4.78, 5) is 11.2. The number of hydrogen-bond donors (Lipinski definition) is 1. The number of aromatic nitrogens is 2. The van der Waals surface area contributed by atoms with E-state index in [2.05, 4.69) is 0 Å². The molecule has 0 atom stereocenters. The summed E-state index contributed by atoms with van der Waals surface area (Å²) in [5.74, 6) is 1.03.